The second-order valence-corrected chi connectivity index (χ2v) is 4.93. The minimum Gasteiger partial charge on any atom is -0.292 e. The maximum atomic E-state index is 13.6. The van der Waals surface area contributed by atoms with Gasteiger partial charge >= 0.3 is 0 Å². The minimum absolute atomic E-state index is 0.0204. The van der Waals surface area contributed by atoms with Gasteiger partial charge in [0.2, 0.25) is 0 Å². The van der Waals surface area contributed by atoms with Crippen LogP contribution in [0.2, 0.25) is 0 Å². The quantitative estimate of drug-likeness (QED) is 0.801. The van der Waals surface area contributed by atoms with Gasteiger partial charge in [-0.1, -0.05) is 30.3 Å². The Kier molecular flexibility index (Phi) is 3.32. The molecule has 0 radical (unpaired) electrons. The standard InChI is InChI=1S/C16H13F2NO/c17-13-6-3-7-14(18)16(13)15(20)10-19-8-11-4-1-2-5-12(11)9-19/h1-7H,8-10H2. The van der Waals surface area contributed by atoms with E-state index in [-0.39, 0.29) is 6.54 Å². The third-order valence-corrected chi connectivity index (χ3v) is 3.52. The van der Waals surface area contributed by atoms with Crippen molar-refractivity contribution >= 4 is 5.78 Å². The van der Waals surface area contributed by atoms with Crippen LogP contribution in [0.4, 0.5) is 8.78 Å². The molecular weight excluding hydrogens is 260 g/mol. The third kappa shape index (κ3) is 2.34. The molecule has 1 heterocycles. The molecule has 0 saturated carbocycles. The van der Waals surface area contributed by atoms with Crippen LogP contribution < -0.4 is 0 Å². The average Bonchev–Trinajstić information content (AvgIpc) is 2.80. The molecule has 0 unspecified atom stereocenters. The highest BCUT2D eigenvalue weighted by Crippen LogP contribution is 2.23. The van der Waals surface area contributed by atoms with Gasteiger partial charge in [0, 0.05) is 13.1 Å². The van der Waals surface area contributed by atoms with Crippen molar-refractivity contribution < 1.29 is 13.6 Å². The van der Waals surface area contributed by atoms with Crippen LogP contribution in [-0.4, -0.2) is 17.2 Å². The Balaban J connectivity index is 1.76. The summed E-state index contributed by atoms with van der Waals surface area (Å²) in [5.41, 5.74) is 1.88. The number of hydrogen-bond donors (Lipinski definition) is 0. The topological polar surface area (TPSA) is 20.3 Å². The molecule has 0 N–H and O–H groups in total. The van der Waals surface area contributed by atoms with E-state index in [0.717, 1.165) is 23.3 Å². The van der Waals surface area contributed by atoms with Gasteiger partial charge in [-0.05, 0) is 23.3 Å². The fraction of sp³-hybridized carbons (Fsp3) is 0.188. The molecule has 0 saturated heterocycles. The van der Waals surface area contributed by atoms with Crippen LogP contribution in [-0.2, 0) is 13.1 Å². The summed E-state index contributed by atoms with van der Waals surface area (Å²) in [7, 11) is 0. The molecular formula is C16H13F2NO. The van der Waals surface area contributed by atoms with Gasteiger partial charge in [0.1, 0.15) is 11.6 Å². The lowest BCUT2D eigenvalue weighted by molar-refractivity contribution is 0.0921. The molecule has 0 atom stereocenters. The number of benzene rings is 2. The van der Waals surface area contributed by atoms with Crippen molar-refractivity contribution in [2.24, 2.45) is 0 Å². The van der Waals surface area contributed by atoms with Gasteiger partial charge in [0.05, 0.1) is 12.1 Å². The Morgan fingerprint density at radius 3 is 2.05 bits per heavy atom. The molecule has 2 aromatic carbocycles. The van der Waals surface area contributed by atoms with Crippen LogP contribution in [0.5, 0.6) is 0 Å². The van der Waals surface area contributed by atoms with Crippen molar-refractivity contribution in [1.82, 2.24) is 4.90 Å². The molecule has 1 aliphatic rings. The van der Waals surface area contributed by atoms with Crippen molar-refractivity contribution in [2.75, 3.05) is 6.54 Å². The van der Waals surface area contributed by atoms with E-state index < -0.39 is 23.0 Å². The van der Waals surface area contributed by atoms with Crippen molar-refractivity contribution in [2.45, 2.75) is 13.1 Å². The van der Waals surface area contributed by atoms with Gasteiger partial charge in [-0.3, -0.25) is 9.69 Å². The van der Waals surface area contributed by atoms with E-state index in [1.54, 1.807) is 0 Å². The number of hydrogen-bond acceptors (Lipinski definition) is 2. The zero-order chi connectivity index (χ0) is 14.1. The minimum atomic E-state index is -0.799. The van der Waals surface area contributed by atoms with Gasteiger partial charge < -0.3 is 0 Å². The molecule has 1 aliphatic heterocycles. The lowest BCUT2D eigenvalue weighted by Gasteiger charge is -2.14. The molecule has 4 heteroatoms. The molecule has 0 amide bonds. The highest BCUT2D eigenvalue weighted by molar-refractivity contribution is 5.98. The summed E-state index contributed by atoms with van der Waals surface area (Å²) in [5, 5.41) is 0. The van der Waals surface area contributed by atoms with Crippen LogP contribution >= 0.6 is 0 Å². The second-order valence-electron chi connectivity index (χ2n) is 4.93. The summed E-state index contributed by atoms with van der Waals surface area (Å²) in [6, 6.07) is 11.4. The van der Waals surface area contributed by atoms with E-state index in [4.69, 9.17) is 0 Å². The monoisotopic (exact) mass is 273 g/mol. The maximum Gasteiger partial charge on any atom is 0.182 e. The Morgan fingerprint density at radius 1 is 0.950 bits per heavy atom. The zero-order valence-electron chi connectivity index (χ0n) is 10.8. The molecule has 102 valence electrons. The molecule has 20 heavy (non-hydrogen) atoms. The smallest absolute Gasteiger partial charge is 0.182 e. The van der Waals surface area contributed by atoms with Crippen LogP contribution in [0.3, 0.4) is 0 Å². The van der Waals surface area contributed by atoms with E-state index in [1.807, 2.05) is 29.2 Å². The predicted molar refractivity (Wildman–Crippen MR) is 71.2 cm³/mol. The Bertz CT molecular complexity index is 624. The number of Topliss-reactive ketones (excluding diaryl/α,β-unsaturated/α-hetero) is 1. The first-order valence-electron chi connectivity index (χ1n) is 6.41. The SMILES string of the molecule is O=C(CN1Cc2ccccc2C1)c1c(F)cccc1F. The summed E-state index contributed by atoms with van der Waals surface area (Å²) in [5.74, 6) is -2.12. The van der Waals surface area contributed by atoms with Gasteiger partial charge in [-0.15, -0.1) is 0 Å². The maximum absolute atomic E-state index is 13.6. The highest BCUT2D eigenvalue weighted by Gasteiger charge is 2.24. The lowest BCUT2D eigenvalue weighted by Crippen LogP contribution is -2.26. The molecule has 3 rings (SSSR count). The summed E-state index contributed by atoms with van der Waals surface area (Å²) in [6.07, 6.45) is 0. The third-order valence-electron chi connectivity index (χ3n) is 3.52. The first-order chi connectivity index (χ1) is 9.65. The number of carbonyl (C=O) groups is 1. The fourth-order valence-electron chi connectivity index (χ4n) is 2.56. The van der Waals surface area contributed by atoms with E-state index >= 15 is 0 Å². The molecule has 2 nitrogen and oxygen atoms in total. The van der Waals surface area contributed by atoms with Gasteiger partial charge in [0.15, 0.2) is 5.78 Å². The van der Waals surface area contributed by atoms with Crippen molar-refractivity contribution in [3.05, 3.63) is 70.8 Å². The number of halogens is 2. The average molecular weight is 273 g/mol. The van der Waals surface area contributed by atoms with E-state index in [9.17, 15) is 13.6 Å². The Morgan fingerprint density at radius 2 is 1.50 bits per heavy atom. The molecule has 0 spiro atoms. The first kappa shape index (κ1) is 12.9. The number of fused-ring (bicyclic) bond motifs is 1. The number of carbonyl (C=O) groups excluding carboxylic acids is 1. The van der Waals surface area contributed by atoms with Crippen molar-refractivity contribution in [3.63, 3.8) is 0 Å². The van der Waals surface area contributed by atoms with Crippen LogP contribution in [0, 0.1) is 11.6 Å². The Labute approximate surface area is 115 Å². The van der Waals surface area contributed by atoms with Gasteiger partial charge in [-0.25, -0.2) is 8.78 Å². The summed E-state index contributed by atoms with van der Waals surface area (Å²) < 4.78 is 27.1. The molecule has 0 aromatic heterocycles. The van der Waals surface area contributed by atoms with E-state index in [0.29, 0.717) is 13.1 Å². The predicted octanol–water partition coefficient (Wildman–Crippen LogP) is 3.16. The number of ketones is 1. The van der Waals surface area contributed by atoms with Crippen LogP contribution in [0.25, 0.3) is 0 Å². The van der Waals surface area contributed by atoms with Crippen molar-refractivity contribution in [3.8, 4) is 0 Å². The number of nitrogens with zero attached hydrogens (tertiary/aromatic N) is 1. The van der Waals surface area contributed by atoms with Crippen LogP contribution in [0.1, 0.15) is 21.5 Å². The largest absolute Gasteiger partial charge is 0.292 e. The summed E-state index contributed by atoms with van der Waals surface area (Å²) in [4.78, 5) is 14.0. The van der Waals surface area contributed by atoms with E-state index in [2.05, 4.69) is 0 Å². The molecule has 0 fully saturated rings. The zero-order valence-corrected chi connectivity index (χ0v) is 10.8. The normalized spacial score (nSPS) is 14.3. The van der Waals surface area contributed by atoms with Crippen LogP contribution in [0.15, 0.2) is 42.5 Å². The lowest BCUT2D eigenvalue weighted by atomic mass is 10.1. The fourth-order valence-corrected chi connectivity index (χ4v) is 2.56. The van der Waals surface area contributed by atoms with Crippen molar-refractivity contribution in [1.29, 1.82) is 0 Å². The number of rotatable bonds is 3. The molecule has 0 aliphatic carbocycles. The highest BCUT2D eigenvalue weighted by atomic mass is 19.1. The summed E-state index contributed by atoms with van der Waals surface area (Å²) >= 11 is 0. The Hall–Kier alpha value is -2.07. The molecule has 0 bridgehead atoms. The van der Waals surface area contributed by atoms with E-state index in [1.165, 1.54) is 6.07 Å². The molecule has 2 aromatic rings. The van der Waals surface area contributed by atoms with Gasteiger partial charge in [0.25, 0.3) is 0 Å². The summed E-state index contributed by atoms with van der Waals surface area (Å²) in [6.45, 7) is 1.29. The van der Waals surface area contributed by atoms with Gasteiger partial charge in [-0.2, -0.15) is 0 Å². The second kappa shape index (κ2) is 5.13. The first-order valence-corrected chi connectivity index (χ1v) is 6.41.